The van der Waals surface area contributed by atoms with Crippen LogP contribution in [-0.4, -0.2) is 33.2 Å². The van der Waals surface area contributed by atoms with E-state index in [1.807, 2.05) is 25.1 Å². The first kappa shape index (κ1) is 20.7. The molecule has 1 amide bonds. The highest BCUT2D eigenvalue weighted by Gasteiger charge is 2.36. The molecule has 1 fully saturated rings. The number of rotatable bonds is 7. The summed E-state index contributed by atoms with van der Waals surface area (Å²) in [7, 11) is 0. The van der Waals surface area contributed by atoms with E-state index in [1.165, 1.54) is 0 Å². The van der Waals surface area contributed by atoms with Gasteiger partial charge >= 0.3 is 0 Å². The molecular weight excluding hydrogens is 425 g/mol. The van der Waals surface area contributed by atoms with Gasteiger partial charge in [0.1, 0.15) is 5.75 Å². The van der Waals surface area contributed by atoms with Gasteiger partial charge in [-0.25, -0.2) is 0 Å². The monoisotopic (exact) mass is 445 g/mol. The molecule has 30 heavy (non-hydrogen) atoms. The second-order valence-corrected chi connectivity index (χ2v) is 8.25. The van der Waals surface area contributed by atoms with Gasteiger partial charge in [-0.2, -0.15) is 0 Å². The van der Waals surface area contributed by atoms with Crippen molar-refractivity contribution in [3.05, 3.63) is 64.0 Å². The summed E-state index contributed by atoms with van der Waals surface area (Å²) in [6.45, 7) is 3.89. The Morgan fingerprint density at radius 3 is 2.53 bits per heavy atom. The Kier molecular flexibility index (Phi) is 5.97. The SMILES string of the molecule is Cc1cc(Cl)ccc1OC(C)C(=O)N(Cc1nnc(-c2ccc(Cl)cc2)o1)C1CC1. The van der Waals surface area contributed by atoms with Crippen molar-refractivity contribution in [2.45, 2.75) is 45.4 Å². The molecule has 3 aromatic rings. The van der Waals surface area contributed by atoms with E-state index in [1.54, 1.807) is 36.1 Å². The molecule has 1 aromatic heterocycles. The first-order valence-corrected chi connectivity index (χ1v) is 10.5. The number of aryl methyl sites for hydroxylation is 1. The number of hydrogen-bond donors (Lipinski definition) is 0. The number of carbonyl (C=O) groups is 1. The highest BCUT2D eigenvalue weighted by atomic mass is 35.5. The largest absolute Gasteiger partial charge is 0.481 e. The molecule has 1 aliphatic carbocycles. The number of ether oxygens (including phenoxy) is 1. The van der Waals surface area contributed by atoms with Crippen LogP contribution in [0.25, 0.3) is 11.5 Å². The summed E-state index contributed by atoms with van der Waals surface area (Å²) in [4.78, 5) is 14.9. The highest BCUT2D eigenvalue weighted by Crippen LogP contribution is 2.30. The molecule has 0 aliphatic heterocycles. The fourth-order valence-electron chi connectivity index (χ4n) is 3.16. The van der Waals surface area contributed by atoms with Crippen LogP contribution in [0.15, 0.2) is 46.9 Å². The van der Waals surface area contributed by atoms with Gasteiger partial charge in [0.15, 0.2) is 6.10 Å². The van der Waals surface area contributed by atoms with Crippen molar-refractivity contribution in [2.75, 3.05) is 0 Å². The van der Waals surface area contributed by atoms with E-state index in [0.29, 0.717) is 27.6 Å². The Hall–Kier alpha value is -2.57. The summed E-state index contributed by atoms with van der Waals surface area (Å²) >= 11 is 11.9. The third-order valence-corrected chi connectivity index (χ3v) is 5.41. The number of nitrogens with zero attached hydrogens (tertiary/aromatic N) is 3. The van der Waals surface area contributed by atoms with E-state index >= 15 is 0 Å². The third-order valence-electron chi connectivity index (χ3n) is 4.92. The quantitative estimate of drug-likeness (QED) is 0.492. The minimum absolute atomic E-state index is 0.113. The van der Waals surface area contributed by atoms with Gasteiger partial charge in [-0.3, -0.25) is 4.79 Å². The van der Waals surface area contributed by atoms with Crippen molar-refractivity contribution in [1.29, 1.82) is 0 Å². The van der Waals surface area contributed by atoms with E-state index in [2.05, 4.69) is 10.2 Å². The van der Waals surface area contributed by atoms with Crippen molar-refractivity contribution >= 4 is 29.1 Å². The van der Waals surface area contributed by atoms with E-state index in [-0.39, 0.29) is 18.5 Å². The van der Waals surface area contributed by atoms with Crippen LogP contribution in [0.2, 0.25) is 10.0 Å². The standard InChI is InChI=1S/C22H21Cl2N3O3/c1-13-11-17(24)7-10-19(13)29-14(2)22(28)27(18-8-9-18)12-20-25-26-21(30-20)15-3-5-16(23)6-4-15/h3-7,10-11,14,18H,8-9,12H2,1-2H3. The number of hydrogen-bond acceptors (Lipinski definition) is 5. The van der Waals surface area contributed by atoms with Gasteiger partial charge in [0.2, 0.25) is 11.8 Å². The zero-order valence-electron chi connectivity index (χ0n) is 16.6. The average molecular weight is 446 g/mol. The van der Waals surface area contributed by atoms with Gasteiger partial charge in [0.05, 0.1) is 6.54 Å². The predicted molar refractivity (Wildman–Crippen MR) is 115 cm³/mol. The molecule has 2 aromatic carbocycles. The molecule has 8 heteroatoms. The number of amides is 1. The lowest BCUT2D eigenvalue weighted by molar-refractivity contribution is -0.139. The minimum atomic E-state index is -0.649. The number of aromatic nitrogens is 2. The molecule has 156 valence electrons. The molecule has 0 radical (unpaired) electrons. The molecule has 0 spiro atoms. The minimum Gasteiger partial charge on any atom is -0.481 e. The van der Waals surface area contributed by atoms with Crippen LogP contribution in [0.1, 0.15) is 31.2 Å². The van der Waals surface area contributed by atoms with Crippen molar-refractivity contribution in [3.63, 3.8) is 0 Å². The molecule has 4 rings (SSSR count). The van der Waals surface area contributed by atoms with Crippen LogP contribution in [0, 0.1) is 6.92 Å². The van der Waals surface area contributed by atoms with E-state index < -0.39 is 6.10 Å². The molecule has 0 saturated heterocycles. The van der Waals surface area contributed by atoms with Crippen molar-refractivity contribution in [1.82, 2.24) is 15.1 Å². The summed E-state index contributed by atoms with van der Waals surface area (Å²) in [6, 6.07) is 12.7. The second kappa shape index (κ2) is 8.66. The summed E-state index contributed by atoms with van der Waals surface area (Å²) < 4.78 is 11.7. The fraction of sp³-hybridized carbons (Fsp3) is 0.318. The van der Waals surface area contributed by atoms with Crippen LogP contribution in [0.4, 0.5) is 0 Å². The van der Waals surface area contributed by atoms with Gasteiger partial charge < -0.3 is 14.1 Å². The van der Waals surface area contributed by atoms with Gasteiger partial charge in [-0.15, -0.1) is 10.2 Å². The first-order chi connectivity index (χ1) is 14.4. The predicted octanol–water partition coefficient (Wildman–Crippen LogP) is 5.31. The summed E-state index contributed by atoms with van der Waals surface area (Å²) in [5, 5.41) is 9.48. The zero-order valence-corrected chi connectivity index (χ0v) is 18.2. The Morgan fingerprint density at radius 2 is 1.87 bits per heavy atom. The maximum Gasteiger partial charge on any atom is 0.264 e. The van der Waals surface area contributed by atoms with Crippen molar-refractivity contribution in [2.24, 2.45) is 0 Å². The zero-order chi connectivity index (χ0) is 21.3. The molecule has 1 unspecified atom stereocenters. The molecule has 0 bridgehead atoms. The second-order valence-electron chi connectivity index (χ2n) is 7.38. The summed E-state index contributed by atoms with van der Waals surface area (Å²) in [5.41, 5.74) is 1.65. The lowest BCUT2D eigenvalue weighted by atomic mass is 10.2. The summed E-state index contributed by atoms with van der Waals surface area (Å²) in [5.74, 6) is 1.30. The number of halogens is 2. The topological polar surface area (TPSA) is 68.5 Å². The van der Waals surface area contributed by atoms with Gasteiger partial charge in [-0.1, -0.05) is 23.2 Å². The first-order valence-electron chi connectivity index (χ1n) is 9.72. The van der Waals surface area contributed by atoms with E-state index in [9.17, 15) is 4.79 Å². The van der Waals surface area contributed by atoms with Crippen LogP contribution >= 0.6 is 23.2 Å². The lowest BCUT2D eigenvalue weighted by Crippen LogP contribution is -2.41. The molecule has 1 saturated carbocycles. The Labute approximate surface area is 184 Å². The van der Waals surface area contributed by atoms with Crippen LogP contribution < -0.4 is 4.74 Å². The molecule has 6 nitrogen and oxygen atoms in total. The highest BCUT2D eigenvalue weighted by molar-refractivity contribution is 6.30. The number of benzene rings is 2. The van der Waals surface area contributed by atoms with Crippen LogP contribution in [-0.2, 0) is 11.3 Å². The Morgan fingerprint density at radius 1 is 1.17 bits per heavy atom. The molecular formula is C22H21Cl2N3O3. The summed E-state index contributed by atoms with van der Waals surface area (Å²) in [6.07, 6.45) is 1.26. The van der Waals surface area contributed by atoms with Gasteiger partial charge in [-0.05, 0) is 74.7 Å². The van der Waals surface area contributed by atoms with Crippen molar-refractivity contribution < 1.29 is 13.9 Å². The van der Waals surface area contributed by atoms with Crippen LogP contribution in [0.3, 0.4) is 0 Å². The van der Waals surface area contributed by atoms with Crippen LogP contribution in [0.5, 0.6) is 5.75 Å². The Balaban J connectivity index is 1.46. The lowest BCUT2D eigenvalue weighted by Gasteiger charge is -2.25. The smallest absolute Gasteiger partial charge is 0.264 e. The molecule has 1 aliphatic rings. The van der Waals surface area contributed by atoms with Gasteiger partial charge in [0, 0.05) is 21.7 Å². The molecule has 1 heterocycles. The Bertz CT molecular complexity index is 1050. The molecule has 1 atom stereocenters. The normalized spacial score (nSPS) is 14.4. The third kappa shape index (κ3) is 4.77. The number of carbonyl (C=O) groups excluding carboxylic acids is 1. The van der Waals surface area contributed by atoms with E-state index in [0.717, 1.165) is 24.0 Å². The van der Waals surface area contributed by atoms with Crippen molar-refractivity contribution in [3.8, 4) is 17.2 Å². The molecule has 0 N–H and O–H groups in total. The average Bonchev–Trinajstić information content (AvgIpc) is 3.46. The van der Waals surface area contributed by atoms with Gasteiger partial charge in [0.25, 0.3) is 5.91 Å². The maximum absolute atomic E-state index is 13.1. The maximum atomic E-state index is 13.1. The fourth-order valence-corrected chi connectivity index (χ4v) is 3.52. The van der Waals surface area contributed by atoms with E-state index in [4.69, 9.17) is 32.4 Å².